The molecule has 5 heteroatoms. The van der Waals surface area contributed by atoms with Gasteiger partial charge in [-0.2, -0.15) is 5.10 Å². The lowest BCUT2D eigenvalue weighted by Crippen LogP contribution is -2.33. The monoisotopic (exact) mass is 325 g/mol. The maximum Gasteiger partial charge on any atom is 0.194 e. The van der Waals surface area contributed by atoms with E-state index < -0.39 is 8.24 Å². The summed E-state index contributed by atoms with van der Waals surface area (Å²) in [5.41, 5.74) is 2.13. The lowest BCUT2D eigenvalue weighted by molar-refractivity contribution is 0.912. The van der Waals surface area contributed by atoms with Gasteiger partial charge in [0.2, 0.25) is 0 Å². The minimum Gasteiger partial charge on any atom is -0.269 e. The first-order valence-corrected chi connectivity index (χ1v) is 11.2. The van der Waals surface area contributed by atoms with Gasteiger partial charge in [-0.15, -0.1) is 0 Å². The molecule has 0 fully saturated rings. The van der Waals surface area contributed by atoms with Crippen LogP contribution < -0.4 is 0 Å². The van der Waals surface area contributed by atoms with Crippen molar-refractivity contribution in [2.75, 3.05) is 0 Å². The maximum atomic E-state index is 5.74. The Labute approximate surface area is 136 Å². The normalized spacial score (nSPS) is 11.6. The van der Waals surface area contributed by atoms with Gasteiger partial charge in [-0.3, -0.25) is 8.91 Å². The minimum absolute atomic E-state index is 0.768. The smallest absolute Gasteiger partial charge is 0.194 e. The van der Waals surface area contributed by atoms with Gasteiger partial charge in [0, 0.05) is 11.3 Å². The molecule has 0 spiro atoms. The molecule has 0 radical (unpaired) electrons. The highest BCUT2D eigenvalue weighted by atomic mass is 32.1. The molecule has 0 saturated heterocycles. The van der Waals surface area contributed by atoms with Crippen LogP contribution in [0, 0.1) is 4.77 Å². The van der Waals surface area contributed by atoms with Gasteiger partial charge in [0.1, 0.15) is 0 Å². The third-order valence-corrected chi connectivity index (χ3v) is 5.56. The Kier molecular flexibility index (Phi) is 3.84. The average Bonchev–Trinajstić information content (AvgIpc) is 2.86. The summed E-state index contributed by atoms with van der Waals surface area (Å²) in [6.45, 7) is 6.75. The number of para-hydroxylation sites is 1. The number of benzene rings is 2. The van der Waals surface area contributed by atoms with E-state index in [1.54, 1.807) is 0 Å². The first kappa shape index (κ1) is 14.9. The molecular formula is C17H19N3SSi. The Balaban J connectivity index is 2.32. The standard InChI is InChI=1S/C17H19N3SSi/c1-22(2,3)20-17(21)19(15-12-8-5-9-13-15)16(18-20)14-10-6-4-7-11-14/h4-13H,1-3H3. The number of hydrogen-bond donors (Lipinski definition) is 0. The molecule has 3 nitrogen and oxygen atoms in total. The fourth-order valence-corrected chi connectivity index (χ4v) is 4.51. The quantitative estimate of drug-likeness (QED) is 0.512. The summed E-state index contributed by atoms with van der Waals surface area (Å²) in [6.07, 6.45) is 0. The van der Waals surface area contributed by atoms with Crippen molar-refractivity contribution >= 4 is 20.5 Å². The van der Waals surface area contributed by atoms with E-state index in [1.165, 1.54) is 0 Å². The summed E-state index contributed by atoms with van der Waals surface area (Å²) < 4.78 is 4.89. The van der Waals surface area contributed by atoms with E-state index in [4.69, 9.17) is 17.3 Å². The summed E-state index contributed by atoms with van der Waals surface area (Å²) in [4.78, 5) is 0. The molecule has 0 bridgehead atoms. The van der Waals surface area contributed by atoms with Gasteiger partial charge in [0.05, 0.1) is 0 Å². The van der Waals surface area contributed by atoms with Crippen LogP contribution in [0.2, 0.25) is 19.6 Å². The van der Waals surface area contributed by atoms with Crippen LogP contribution in [0.4, 0.5) is 0 Å². The minimum atomic E-state index is -1.67. The number of nitrogens with zero attached hydrogens (tertiary/aromatic N) is 3. The van der Waals surface area contributed by atoms with Gasteiger partial charge in [-0.05, 0) is 44.0 Å². The van der Waals surface area contributed by atoms with E-state index >= 15 is 0 Å². The lowest BCUT2D eigenvalue weighted by atomic mass is 10.2. The first-order chi connectivity index (χ1) is 10.5. The second-order valence-corrected chi connectivity index (χ2v) is 11.4. The third kappa shape index (κ3) is 2.69. The molecule has 0 atom stereocenters. The number of hydrogen-bond acceptors (Lipinski definition) is 2. The molecule has 0 amide bonds. The number of rotatable bonds is 3. The fraction of sp³-hybridized carbons (Fsp3) is 0.176. The fourth-order valence-electron chi connectivity index (χ4n) is 2.39. The van der Waals surface area contributed by atoms with Crippen molar-refractivity contribution in [2.45, 2.75) is 19.6 Å². The summed E-state index contributed by atoms with van der Waals surface area (Å²) in [5.74, 6) is 0.902. The molecule has 1 aromatic heterocycles. The Morgan fingerprint density at radius 3 is 1.95 bits per heavy atom. The average molecular weight is 326 g/mol. The zero-order valence-electron chi connectivity index (χ0n) is 13.0. The largest absolute Gasteiger partial charge is 0.269 e. The Morgan fingerprint density at radius 2 is 1.41 bits per heavy atom. The molecule has 0 aliphatic carbocycles. The molecule has 22 heavy (non-hydrogen) atoms. The van der Waals surface area contributed by atoms with E-state index in [0.717, 1.165) is 21.8 Å². The molecule has 2 aromatic carbocycles. The molecule has 0 unspecified atom stereocenters. The van der Waals surface area contributed by atoms with E-state index in [1.807, 2.05) is 36.4 Å². The van der Waals surface area contributed by atoms with E-state index in [9.17, 15) is 0 Å². The van der Waals surface area contributed by atoms with Crippen LogP contribution in [0.15, 0.2) is 60.7 Å². The molecule has 3 rings (SSSR count). The van der Waals surface area contributed by atoms with Crippen molar-refractivity contribution in [1.82, 2.24) is 14.0 Å². The van der Waals surface area contributed by atoms with Gasteiger partial charge < -0.3 is 0 Å². The van der Waals surface area contributed by atoms with Crippen LogP contribution in [0.25, 0.3) is 17.1 Å². The predicted molar refractivity (Wildman–Crippen MR) is 96.6 cm³/mol. The Morgan fingerprint density at radius 1 is 0.864 bits per heavy atom. The van der Waals surface area contributed by atoms with Crippen molar-refractivity contribution in [3.05, 3.63) is 65.4 Å². The molecule has 112 valence electrons. The predicted octanol–water partition coefficient (Wildman–Crippen LogP) is 4.75. The third-order valence-electron chi connectivity index (χ3n) is 3.46. The first-order valence-electron chi connectivity index (χ1n) is 7.32. The van der Waals surface area contributed by atoms with Gasteiger partial charge in [0.15, 0.2) is 18.8 Å². The van der Waals surface area contributed by atoms with Gasteiger partial charge in [-0.25, -0.2) is 0 Å². The van der Waals surface area contributed by atoms with Crippen molar-refractivity contribution in [2.24, 2.45) is 0 Å². The van der Waals surface area contributed by atoms with Crippen molar-refractivity contribution in [3.8, 4) is 17.1 Å². The summed E-state index contributed by atoms with van der Waals surface area (Å²) in [6, 6.07) is 20.4. The maximum absolute atomic E-state index is 5.74. The van der Waals surface area contributed by atoms with Gasteiger partial charge in [0.25, 0.3) is 0 Å². The molecule has 1 heterocycles. The zero-order chi connectivity index (χ0) is 15.7. The zero-order valence-corrected chi connectivity index (χ0v) is 14.8. The second-order valence-electron chi connectivity index (χ2n) is 6.23. The van der Waals surface area contributed by atoms with Crippen LogP contribution in [0.5, 0.6) is 0 Å². The summed E-state index contributed by atoms with van der Waals surface area (Å²) in [7, 11) is -1.67. The van der Waals surface area contributed by atoms with Gasteiger partial charge >= 0.3 is 0 Å². The van der Waals surface area contributed by atoms with Crippen LogP contribution >= 0.6 is 12.2 Å². The molecule has 0 aliphatic heterocycles. The highest BCUT2D eigenvalue weighted by Crippen LogP contribution is 2.24. The Hall–Kier alpha value is -1.98. The van der Waals surface area contributed by atoms with Crippen LogP contribution in [-0.2, 0) is 0 Å². The Bertz CT molecular complexity index is 830. The SMILES string of the molecule is C[Si](C)(C)n1nc(-c2ccccc2)n(-c2ccccc2)c1=S. The number of aromatic nitrogens is 3. The lowest BCUT2D eigenvalue weighted by Gasteiger charge is -2.15. The van der Waals surface area contributed by atoms with Crippen molar-refractivity contribution < 1.29 is 0 Å². The van der Waals surface area contributed by atoms with Crippen LogP contribution in [0.3, 0.4) is 0 Å². The van der Waals surface area contributed by atoms with Crippen molar-refractivity contribution in [1.29, 1.82) is 0 Å². The van der Waals surface area contributed by atoms with E-state index in [-0.39, 0.29) is 0 Å². The summed E-state index contributed by atoms with van der Waals surface area (Å²) in [5, 5.41) is 4.86. The summed E-state index contributed by atoms with van der Waals surface area (Å²) >= 11 is 5.74. The van der Waals surface area contributed by atoms with Crippen LogP contribution in [0.1, 0.15) is 0 Å². The van der Waals surface area contributed by atoms with Gasteiger partial charge in [-0.1, -0.05) is 48.5 Å². The highest BCUT2D eigenvalue weighted by Gasteiger charge is 2.23. The second kappa shape index (κ2) is 5.66. The molecule has 0 saturated carbocycles. The van der Waals surface area contributed by atoms with Crippen LogP contribution in [-0.4, -0.2) is 22.2 Å². The molecule has 0 aliphatic rings. The molecule has 0 N–H and O–H groups in total. The van der Waals surface area contributed by atoms with E-state index in [2.05, 4.69) is 52.8 Å². The topological polar surface area (TPSA) is 22.8 Å². The molecule has 3 aromatic rings. The van der Waals surface area contributed by atoms with E-state index in [0.29, 0.717) is 0 Å². The molecular weight excluding hydrogens is 306 g/mol. The van der Waals surface area contributed by atoms with Crippen molar-refractivity contribution in [3.63, 3.8) is 0 Å². The highest BCUT2D eigenvalue weighted by molar-refractivity contribution is 7.71.